The fraction of sp³-hybridized carbons (Fsp3) is 0.316. The Kier molecular flexibility index (Phi) is 5.45. The van der Waals surface area contributed by atoms with Crippen LogP contribution in [-0.4, -0.2) is 13.2 Å². The predicted octanol–water partition coefficient (Wildman–Crippen LogP) is 5.24. The Morgan fingerprint density at radius 1 is 1.08 bits per heavy atom. The molecule has 0 aromatic heterocycles. The molecule has 7 heteroatoms. The normalized spacial score (nSPS) is 19.3. The van der Waals surface area contributed by atoms with Gasteiger partial charge in [0.05, 0.1) is 19.3 Å². The second-order valence-corrected chi connectivity index (χ2v) is 8.38. The highest BCUT2D eigenvalue weighted by molar-refractivity contribution is 7.48. The molecular weight excluding hydrogens is 353 g/mol. The van der Waals surface area contributed by atoms with Crippen molar-refractivity contribution in [2.45, 2.75) is 20.0 Å². The van der Waals surface area contributed by atoms with Gasteiger partial charge in [-0.15, -0.1) is 0 Å². The zero-order valence-electron chi connectivity index (χ0n) is 14.6. The number of phosphoric acid groups is 1. The van der Waals surface area contributed by atoms with Gasteiger partial charge in [-0.25, -0.2) is 4.57 Å². The van der Waals surface area contributed by atoms with Gasteiger partial charge in [-0.05, 0) is 29.8 Å². The van der Waals surface area contributed by atoms with E-state index in [1.54, 1.807) is 24.3 Å². The van der Waals surface area contributed by atoms with Gasteiger partial charge in [-0.2, -0.15) is 5.26 Å². The van der Waals surface area contributed by atoms with Gasteiger partial charge in [0.25, 0.3) is 0 Å². The zero-order valence-corrected chi connectivity index (χ0v) is 15.5. The molecule has 136 valence electrons. The van der Waals surface area contributed by atoms with E-state index >= 15 is 0 Å². The highest BCUT2D eigenvalue weighted by Gasteiger charge is 2.40. The van der Waals surface area contributed by atoms with Gasteiger partial charge in [-0.1, -0.05) is 44.2 Å². The lowest BCUT2D eigenvalue weighted by Gasteiger charge is -2.33. The van der Waals surface area contributed by atoms with Crippen molar-refractivity contribution in [3.8, 4) is 17.6 Å². The molecule has 1 fully saturated rings. The van der Waals surface area contributed by atoms with Crippen molar-refractivity contribution >= 4 is 7.82 Å². The minimum Gasteiger partial charge on any atom is -0.457 e. The summed E-state index contributed by atoms with van der Waals surface area (Å²) >= 11 is 0. The van der Waals surface area contributed by atoms with E-state index in [0.29, 0.717) is 17.1 Å². The summed E-state index contributed by atoms with van der Waals surface area (Å²) in [5.41, 5.74) is 0.260. The fourth-order valence-electron chi connectivity index (χ4n) is 2.30. The Hall–Kier alpha value is -2.16. The number of rotatable bonds is 5. The lowest BCUT2D eigenvalue weighted by atomic mass is 9.97. The van der Waals surface area contributed by atoms with Crippen molar-refractivity contribution < 1.29 is 22.9 Å². The second kappa shape index (κ2) is 7.61. The monoisotopic (exact) mass is 373 g/mol. The van der Waals surface area contributed by atoms with Crippen LogP contribution in [0.1, 0.15) is 25.5 Å². The summed E-state index contributed by atoms with van der Waals surface area (Å²) in [6, 6.07) is 18.1. The standard InChI is InChI=1S/C19H20NO5P/c1-19(2)13-22-26(21,23-14-19)25-18(12-20)15-7-6-10-17(11-15)24-16-8-4-3-5-9-16/h3-11,18H,13-14H2,1-2H3. The van der Waals surface area contributed by atoms with Gasteiger partial charge in [-0.3, -0.25) is 13.6 Å². The molecule has 0 aliphatic carbocycles. The van der Waals surface area contributed by atoms with E-state index in [2.05, 4.69) is 0 Å². The molecule has 26 heavy (non-hydrogen) atoms. The smallest absolute Gasteiger partial charge is 0.457 e. The van der Waals surface area contributed by atoms with Crippen LogP contribution in [0.3, 0.4) is 0 Å². The van der Waals surface area contributed by atoms with Crippen LogP contribution < -0.4 is 4.74 Å². The molecular formula is C19H20NO5P. The average molecular weight is 373 g/mol. The molecule has 1 unspecified atom stereocenters. The third-order valence-corrected chi connectivity index (χ3v) is 5.08. The molecule has 1 saturated heterocycles. The van der Waals surface area contributed by atoms with Crippen LogP contribution in [0.4, 0.5) is 0 Å². The molecule has 3 rings (SSSR count). The number of nitrogens with zero attached hydrogens (tertiary/aromatic N) is 1. The number of ether oxygens (including phenoxy) is 1. The molecule has 0 radical (unpaired) electrons. The van der Waals surface area contributed by atoms with Crippen LogP contribution in [0.2, 0.25) is 0 Å². The summed E-state index contributed by atoms with van der Waals surface area (Å²) in [6.45, 7) is 4.34. The summed E-state index contributed by atoms with van der Waals surface area (Å²) < 4.78 is 34.3. The fourth-order valence-corrected chi connectivity index (χ4v) is 3.94. The van der Waals surface area contributed by atoms with Crippen molar-refractivity contribution in [3.63, 3.8) is 0 Å². The summed E-state index contributed by atoms with van der Waals surface area (Å²) in [4.78, 5) is 0. The molecule has 0 bridgehead atoms. The minimum atomic E-state index is -3.78. The maximum atomic E-state index is 12.6. The predicted molar refractivity (Wildman–Crippen MR) is 95.7 cm³/mol. The van der Waals surface area contributed by atoms with Crippen LogP contribution in [0, 0.1) is 16.7 Å². The average Bonchev–Trinajstić information content (AvgIpc) is 2.64. The maximum Gasteiger partial charge on any atom is 0.476 e. The summed E-state index contributed by atoms with van der Waals surface area (Å²) in [5, 5.41) is 9.46. The van der Waals surface area contributed by atoms with Crippen molar-refractivity contribution in [2.75, 3.05) is 13.2 Å². The van der Waals surface area contributed by atoms with E-state index < -0.39 is 13.9 Å². The van der Waals surface area contributed by atoms with Crippen molar-refractivity contribution in [1.29, 1.82) is 5.26 Å². The molecule has 1 heterocycles. The number of para-hydroxylation sites is 1. The van der Waals surface area contributed by atoms with E-state index in [0.717, 1.165) is 0 Å². The topological polar surface area (TPSA) is 77.8 Å². The Morgan fingerprint density at radius 3 is 2.38 bits per heavy atom. The molecule has 1 aliphatic heterocycles. The molecule has 0 saturated carbocycles. The first kappa shape index (κ1) is 18.6. The molecule has 1 atom stereocenters. The van der Waals surface area contributed by atoms with Crippen LogP contribution in [0.25, 0.3) is 0 Å². The van der Waals surface area contributed by atoms with Crippen molar-refractivity contribution in [3.05, 3.63) is 60.2 Å². The first-order valence-corrected chi connectivity index (χ1v) is 9.65. The SMILES string of the molecule is CC1(C)COP(=O)(OC(C#N)c2cccc(Oc3ccccc3)c2)OC1. The minimum absolute atomic E-state index is 0.236. The molecule has 1 aliphatic rings. The first-order valence-electron chi connectivity index (χ1n) is 8.19. The number of benzene rings is 2. The Morgan fingerprint density at radius 2 is 1.73 bits per heavy atom. The molecule has 2 aromatic rings. The third kappa shape index (κ3) is 4.72. The van der Waals surface area contributed by atoms with Gasteiger partial charge in [0, 0.05) is 5.41 Å². The van der Waals surface area contributed by atoms with E-state index in [-0.39, 0.29) is 18.6 Å². The highest BCUT2D eigenvalue weighted by Crippen LogP contribution is 2.57. The largest absolute Gasteiger partial charge is 0.476 e. The van der Waals surface area contributed by atoms with Gasteiger partial charge < -0.3 is 4.74 Å². The summed E-state index contributed by atoms with van der Waals surface area (Å²) in [7, 11) is -3.78. The van der Waals surface area contributed by atoms with Crippen molar-refractivity contribution in [1.82, 2.24) is 0 Å². The van der Waals surface area contributed by atoms with Crippen LogP contribution in [0.5, 0.6) is 11.5 Å². The van der Waals surface area contributed by atoms with Crippen LogP contribution in [-0.2, 0) is 18.1 Å². The molecule has 0 N–H and O–H groups in total. The highest BCUT2D eigenvalue weighted by atomic mass is 31.2. The number of phosphoric ester groups is 1. The number of hydrogen-bond acceptors (Lipinski definition) is 6. The summed E-state index contributed by atoms with van der Waals surface area (Å²) in [6.07, 6.45) is -1.10. The van der Waals surface area contributed by atoms with Crippen LogP contribution in [0.15, 0.2) is 54.6 Å². The van der Waals surface area contributed by atoms with E-state index in [4.69, 9.17) is 18.3 Å². The molecule has 2 aromatic carbocycles. The Balaban J connectivity index is 1.73. The molecule has 0 amide bonds. The van der Waals surface area contributed by atoms with E-state index in [9.17, 15) is 9.83 Å². The number of nitriles is 1. The lowest BCUT2D eigenvalue weighted by Crippen LogP contribution is -2.30. The Bertz CT molecular complexity index is 833. The third-order valence-electron chi connectivity index (χ3n) is 3.72. The van der Waals surface area contributed by atoms with E-state index in [1.165, 1.54) is 0 Å². The summed E-state index contributed by atoms with van der Waals surface area (Å²) in [5.74, 6) is 1.22. The van der Waals surface area contributed by atoms with Crippen LogP contribution >= 0.6 is 7.82 Å². The van der Waals surface area contributed by atoms with Gasteiger partial charge >= 0.3 is 7.82 Å². The first-order chi connectivity index (χ1) is 12.4. The lowest BCUT2D eigenvalue weighted by molar-refractivity contribution is -0.00539. The van der Waals surface area contributed by atoms with Gasteiger partial charge in [0.2, 0.25) is 0 Å². The zero-order chi connectivity index (χ0) is 18.6. The molecule has 6 nitrogen and oxygen atoms in total. The molecule has 0 spiro atoms. The quantitative estimate of drug-likeness (QED) is 0.667. The maximum absolute atomic E-state index is 12.6. The van der Waals surface area contributed by atoms with E-state index in [1.807, 2.05) is 50.2 Å². The second-order valence-electron chi connectivity index (χ2n) is 6.76. The van der Waals surface area contributed by atoms with Crippen molar-refractivity contribution in [2.24, 2.45) is 5.41 Å². The van der Waals surface area contributed by atoms with Gasteiger partial charge in [0.15, 0.2) is 6.10 Å². The number of hydrogen-bond donors (Lipinski definition) is 0. The van der Waals surface area contributed by atoms with Gasteiger partial charge in [0.1, 0.15) is 11.5 Å². The Labute approximate surface area is 152 Å².